The third-order valence-corrected chi connectivity index (χ3v) is 5.58. The molecule has 1 aromatic heterocycles. The number of hydrogen-bond acceptors (Lipinski definition) is 4. The van der Waals surface area contributed by atoms with Crippen LogP contribution in [0.3, 0.4) is 0 Å². The second-order valence-corrected chi connectivity index (χ2v) is 7.07. The van der Waals surface area contributed by atoms with Crippen molar-refractivity contribution < 1.29 is 9.59 Å². The summed E-state index contributed by atoms with van der Waals surface area (Å²) in [6.07, 6.45) is 0.614. The zero-order valence-electron chi connectivity index (χ0n) is 14.3. The Morgan fingerprint density at radius 2 is 1.77 bits per heavy atom. The van der Waals surface area contributed by atoms with E-state index in [1.165, 1.54) is 4.90 Å². The maximum absolute atomic E-state index is 13.1. The monoisotopic (exact) mass is 343 g/mol. The SMILES string of the molecule is Cc1nc(CN2C(=O)[C@@H]3C[C@]3(c3ccccc3)C2=O)nc2ccccc12. The van der Waals surface area contributed by atoms with Crippen LogP contribution in [-0.4, -0.2) is 26.7 Å². The summed E-state index contributed by atoms with van der Waals surface area (Å²) < 4.78 is 0. The van der Waals surface area contributed by atoms with Gasteiger partial charge in [-0.3, -0.25) is 14.5 Å². The molecule has 2 atom stereocenters. The molecule has 0 N–H and O–H groups in total. The molecule has 5 rings (SSSR count). The first-order chi connectivity index (χ1) is 12.6. The van der Waals surface area contributed by atoms with E-state index in [1.807, 2.05) is 61.5 Å². The first kappa shape index (κ1) is 15.2. The van der Waals surface area contributed by atoms with Gasteiger partial charge in [0.15, 0.2) is 0 Å². The number of imide groups is 1. The number of aryl methyl sites for hydroxylation is 1. The Morgan fingerprint density at radius 1 is 1.04 bits per heavy atom. The second kappa shape index (κ2) is 5.21. The minimum atomic E-state index is -0.662. The van der Waals surface area contributed by atoms with Gasteiger partial charge in [0.25, 0.3) is 0 Å². The van der Waals surface area contributed by atoms with Gasteiger partial charge in [-0.25, -0.2) is 9.97 Å². The van der Waals surface area contributed by atoms with Gasteiger partial charge in [-0.2, -0.15) is 0 Å². The largest absolute Gasteiger partial charge is 0.274 e. The standard InChI is InChI=1S/C21H17N3O2/c1-13-15-9-5-6-10-17(15)23-18(22-13)12-24-19(25)16-11-21(16,20(24)26)14-7-3-2-4-8-14/h2-10,16H,11-12H2,1H3/t16-,21+/m0/s1. The normalized spacial score (nSPS) is 24.2. The van der Waals surface area contributed by atoms with Crippen LogP contribution in [0.15, 0.2) is 54.6 Å². The van der Waals surface area contributed by atoms with E-state index in [2.05, 4.69) is 9.97 Å². The molecule has 0 unspecified atom stereocenters. The molecule has 1 saturated heterocycles. The van der Waals surface area contributed by atoms with Crippen molar-refractivity contribution in [3.8, 4) is 0 Å². The fourth-order valence-electron chi connectivity index (χ4n) is 4.16. The Morgan fingerprint density at radius 3 is 2.58 bits per heavy atom. The molecule has 26 heavy (non-hydrogen) atoms. The zero-order valence-corrected chi connectivity index (χ0v) is 14.3. The molecular formula is C21H17N3O2. The molecule has 0 radical (unpaired) electrons. The van der Waals surface area contributed by atoms with Crippen LogP contribution in [0.5, 0.6) is 0 Å². The van der Waals surface area contributed by atoms with Gasteiger partial charge in [0.05, 0.1) is 23.4 Å². The summed E-state index contributed by atoms with van der Waals surface area (Å²) in [6, 6.07) is 17.4. The predicted molar refractivity (Wildman–Crippen MR) is 96.1 cm³/mol. The van der Waals surface area contributed by atoms with E-state index < -0.39 is 5.41 Å². The lowest BCUT2D eigenvalue weighted by atomic mass is 9.94. The summed E-state index contributed by atoms with van der Waals surface area (Å²) in [5.41, 5.74) is 1.95. The fraction of sp³-hybridized carbons (Fsp3) is 0.238. The first-order valence-corrected chi connectivity index (χ1v) is 8.75. The molecule has 5 nitrogen and oxygen atoms in total. The molecule has 0 spiro atoms. The van der Waals surface area contributed by atoms with E-state index in [1.54, 1.807) is 0 Å². The average molecular weight is 343 g/mol. The van der Waals surface area contributed by atoms with E-state index >= 15 is 0 Å². The highest BCUT2D eigenvalue weighted by Crippen LogP contribution is 2.60. The van der Waals surface area contributed by atoms with Gasteiger partial charge in [0, 0.05) is 11.1 Å². The fourth-order valence-corrected chi connectivity index (χ4v) is 4.16. The van der Waals surface area contributed by atoms with Crippen LogP contribution in [-0.2, 0) is 21.5 Å². The molecule has 128 valence electrons. The van der Waals surface area contributed by atoms with E-state index in [9.17, 15) is 9.59 Å². The number of likely N-dealkylation sites (tertiary alicyclic amines) is 1. The molecule has 3 aromatic rings. The van der Waals surface area contributed by atoms with Crippen LogP contribution < -0.4 is 0 Å². The first-order valence-electron chi connectivity index (χ1n) is 8.75. The van der Waals surface area contributed by atoms with Gasteiger partial charge in [0.2, 0.25) is 11.8 Å². The Bertz CT molecular complexity index is 1060. The number of carbonyl (C=O) groups excluding carboxylic acids is 2. The number of hydrogen-bond donors (Lipinski definition) is 0. The number of piperidine rings is 1. The summed E-state index contributed by atoms with van der Waals surface area (Å²) in [7, 11) is 0. The zero-order chi connectivity index (χ0) is 17.9. The maximum atomic E-state index is 13.1. The van der Waals surface area contributed by atoms with Gasteiger partial charge in [0.1, 0.15) is 5.82 Å². The number of para-hydroxylation sites is 1. The highest BCUT2D eigenvalue weighted by molar-refractivity contribution is 6.14. The lowest BCUT2D eigenvalue weighted by Gasteiger charge is -2.19. The third kappa shape index (κ3) is 1.97. The van der Waals surface area contributed by atoms with Crippen molar-refractivity contribution in [1.82, 2.24) is 14.9 Å². The lowest BCUT2D eigenvalue weighted by Crippen LogP contribution is -2.36. The lowest BCUT2D eigenvalue weighted by molar-refractivity contribution is -0.142. The van der Waals surface area contributed by atoms with Gasteiger partial charge in [-0.15, -0.1) is 0 Å². The van der Waals surface area contributed by atoms with E-state index in [0.29, 0.717) is 12.2 Å². The van der Waals surface area contributed by atoms with Crippen LogP contribution >= 0.6 is 0 Å². The Kier molecular flexibility index (Phi) is 3.04. The van der Waals surface area contributed by atoms with Crippen LogP contribution in [0, 0.1) is 12.8 Å². The van der Waals surface area contributed by atoms with Crippen molar-refractivity contribution in [2.45, 2.75) is 25.3 Å². The number of fused-ring (bicyclic) bond motifs is 2. The van der Waals surface area contributed by atoms with Crippen LogP contribution in [0.25, 0.3) is 10.9 Å². The van der Waals surface area contributed by atoms with E-state index in [0.717, 1.165) is 22.2 Å². The molecule has 2 fully saturated rings. The summed E-state index contributed by atoms with van der Waals surface area (Å²) in [4.78, 5) is 36.2. The molecule has 1 saturated carbocycles. The number of rotatable bonds is 3. The summed E-state index contributed by atoms with van der Waals surface area (Å²) >= 11 is 0. The smallest absolute Gasteiger partial charge is 0.241 e. The molecule has 1 aliphatic heterocycles. The minimum Gasteiger partial charge on any atom is -0.274 e. The number of carbonyl (C=O) groups is 2. The maximum Gasteiger partial charge on any atom is 0.241 e. The summed E-state index contributed by atoms with van der Waals surface area (Å²) in [6.45, 7) is 2.05. The van der Waals surface area contributed by atoms with Crippen molar-refractivity contribution in [3.05, 3.63) is 71.7 Å². The van der Waals surface area contributed by atoms with Gasteiger partial charge >= 0.3 is 0 Å². The second-order valence-electron chi connectivity index (χ2n) is 7.07. The Labute approximate surface area is 150 Å². The van der Waals surface area contributed by atoms with Crippen LogP contribution in [0.1, 0.15) is 23.5 Å². The van der Waals surface area contributed by atoms with Crippen LogP contribution in [0.4, 0.5) is 0 Å². The molecular weight excluding hydrogens is 326 g/mol. The molecule has 2 aliphatic rings. The van der Waals surface area contributed by atoms with Gasteiger partial charge in [-0.05, 0) is 25.0 Å². The molecule has 2 amide bonds. The predicted octanol–water partition coefficient (Wildman–Crippen LogP) is 2.76. The van der Waals surface area contributed by atoms with Crippen molar-refractivity contribution in [3.63, 3.8) is 0 Å². The number of nitrogens with zero attached hydrogens (tertiary/aromatic N) is 3. The van der Waals surface area contributed by atoms with Gasteiger partial charge < -0.3 is 0 Å². The molecule has 0 bridgehead atoms. The molecule has 2 heterocycles. The van der Waals surface area contributed by atoms with Crippen molar-refractivity contribution >= 4 is 22.7 Å². The highest BCUT2D eigenvalue weighted by atomic mass is 16.2. The van der Waals surface area contributed by atoms with E-state index in [-0.39, 0.29) is 24.3 Å². The number of aromatic nitrogens is 2. The molecule has 1 aliphatic carbocycles. The van der Waals surface area contributed by atoms with E-state index in [4.69, 9.17) is 0 Å². The van der Waals surface area contributed by atoms with Gasteiger partial charge in [-0.1, -0.05) is 48.5 Å². The quantitative estimate of drug-likeness (QED) is 0.686. The summed E-state index contributed by atoms with van der Waals surface area (Å²) in [5.74, 6) is 0.0488. The third-order valence-electron chi connectivity index (χ3n) is 5.58. The highest BCUT2D eigenvalue weighted by Gasteiger charge is 2.72. The molecule has 5 heteroatoms. The Balaban J connectivity index is 1.49. The topological polar surface area (TPSA) is 63.2 Å². The minimum absolute atomic E-state index is 0.103. The summed E-state index contributed by atoms with van der Waals surface area (Å²) in [5, 5.41) is 0.985. The number of benzene rings is 2. The van der Waals surface area contributed by atoms with Crippen molar-refractivity contribution in [1.29, 1.82) is 0 Å². The van der Waals surface area contributed by atoms with Crippen molar-refractivity contribution in [2.75, 3.05) is 0 Å². The Hall–Kier alpha value is -3.08. The van der Waals surface area contributed by atoms with Crippen molar-refractivity contribution in [2.24, 2.45) is 5.92 Å². The number of amides is 2. The average Bonchev–Trinajstić information content (AvgIpc) is 3.38. The molecule has 2 aromatic carbocycles. The van der Waals surface area contributed by atoms with Crippen LogP contribution in [0.2, 0.25) is 0 Å².